The summed E-state index contributed by atoms with van der Waals surface area (Å²) in [5.41, 5.74) is 2.59. The number of hydrogen-bond acceptors (Lipinski definition) is 12. The van der Waals surface area contributed by atoms with Crippen LogP contribution in [0.4, 0.5) is 11.5 Å². The summed E-state index contributed by atoms with van der Waals surface area (Å²) in [7, 11) is 0. The van der Waals surface area contributed by atoms with Crippen LogP contribution in [0.5, 0.6) is 5.75 Å². The molecule has 6 fully saturated rings. The molecule has 420 valence electrons. The van der Waals surface area contributed by atoms with Crippen LogP contribution in [-0.4, -0.2) is 143 Å². The Morgan fingerprint density at radius 1 is 0.675 bits per heavy atom. The van der Waals surface area contributed by atoms with Gasteiger partial charge in [0.2, 0.25) is 29.5 Å². The summed E-state index contributed by atoms with van der Waals surface area (Å²) in [4.78, 5) is 101. The van der Waals surface area contributed by atoms with E-state index in [1.807, 2.05) is 90.0 Å². The Bertz CT molecular complexity index is 3110. The predicted octanol–water partition coefficient (Wildman–Crippen LogP) is 8.89. The highest BCUT2D eigenvalue weighted by Gasteiger charge is 2.49. The topological polar surface area (TPSA) is 178 Å². The summed E-state index contributed by atoms with van der Waals surface area (Å²) in [5, 5.41) is 6.71. The van der Waals surface area contributed by atoms with Gasteiger partial charge < -0.3 is 34.6 Å². The number of carbonyl (C=O) groups is 6. The number of para-hydroxylation sites is 2. The number of halogens is 1. The van der Waals surface area contributed by atoms with Gasteiger partial charge in [-0.2, -0.15) is 0 Å². The Kier molecular flexibility index (Phi) is 16.0. The van der Waals surface area contributed by atoms with Gasteiger partial charge in [0, 0.05) is 102 Å². The lowest BCUT2D eigenvalue weighted by Crippen LogP contribution is -2.60. The summed E-state index contributed by atoms with van der Waals surface area (Å²) < 4.78 is 7.94. The first-order chi connectivity index (χ1) is 38.9. The summed E-state index contributed by atoms with van der Waals surface area (Å²) in [6.45, 7) is 8.48. The monoisotopic (exact) mass is 1120 g/mol. The van der Waals surface area contributed by atoms with Crippen molar-refractivity contribution in [1.82, 2.24) is 34.9 Å². The summed E-state index contributed by atoms with van der Waals surface area (Å²) in [6.07, 6.45) is 12.6. The Labute approximate surface area is 476 Å². The molecular weight excluding hydrogens is 1050 g/mol. The van der Waals surface area contributed by atoms with Crippen LogP contribution < -0.4 is 20.3 Å². The number of carbonyl (C=O) groups excluding carboxylic acids is 6. The highest BCUT2D eigenvalue weighted by atomic mass is 35.5. The molecule has 6 amide bonds. The van der Waals surface area contributed by atoms with Gasteiger partial charge in [-0.3, -0.25) is 34.1 Å². The number of likely N-dealkylation sites (tertiary alicyclic amines) is 4. The number of anilines is 2. The van der Waals surface area contributed by atoms with E-state index in [0.29, 0.717) is 67.1 Å². The van der Waals surface area contributed by atoms with Gasteiger partial charge in [0.25, 0.3) is 5.91 Å². The van der Waals surface area contributed by atoms with Crippen LogP contribution in [0.1, 0.15) is 113 Å². The first-order valence-corrected chi connectivity index (χ1v) is 30.5. The predicted molar refractivity (Wildman–Crippen MR) is 308 cm³/mol. The largest absolute Gasteiger partial charge is 0.477 e. The molecule has 80 heavy (non-hydrogen) atoms. The molecule has 3 aromatic carbocycles. The Morgan fingerprint density at radius 2 is 1.36 bits per heavy atom. The molecule has 0 spiro atoms. The molecule has 12 rings (SSSR count). The van der Waals surface area contributed by atoms with Crippen LogP contribution in [0.3, 0.4) is 0 Å². The van der Waals surface area contributed by atoms with E-state index in [1.165, 1.54) is 30.6 Å². The number of nitrogens with one attached hydrogen (secondary N) is 2. The van der Waals surface area contributed by atoms with E-state index < -0.39 is 11.5 Å². The fraction of sp³-hybridized carbons (Fsp3) is 0.516. The highest BCUT2D eigenvalue weighted by molar-refractivity contribution is 7.22. The normalized spacial score (nSPS) is 22.9. The number of pyridine rings is 1. The van der Waals surface area contributed by atoms with E-state index in [0.717, 1.165) is 115 Å². The number of thiazole rings is 1. The summed E-state index contributed by atoms with van der Waals surface area (Å²) >= 11 is 8.08. The third-order valence-corrected chi connectivity index (χ3v) is 20.2. The molecule has 18 heteroatoms. The van der Waals surface area contributed by atoms with Gasteiger partial charge in [0.05, 0.1) is 32.6 Å². The average Bonchev–Trinajstić information content (AvgIpc) is 3.95. The number of ether oxygens (including phenoxy) is 1. The van der Waals surface area contributed by atoms with Crippen molar-refractivity contribution in [3.05, 3.63) is 101 Å². The van der Waals surface area contributed by atoms with Gasteiger partial charge in [-0.25, -0.2) is 9.97 Å². The number of nitrogens with zero attached hydrogens (tertiary/aromatic N) is 7. The first-order valence-electron chi connectivity index (χ1n) is 29.3. The van der Waals surface area contributed by atoms with Crippen LogP contribution >= 0.6 is 22.9 Å². The number of amides is 6. The van der Waals surface area contributed by atoms with E-state index in [4.69, 9.17) is 26.3 Å². The van der Waals surface area contributed by atoms with Gasteiger partial charge in [-0.05, 0) is 143 Å². The van der Waals surface area contributed by atoms with E-state index in [2.05, 4.69) is 25.3 Å². The molecular formula is C62H72ClN9O7S. The number of piperidine rings is 6. The number of imide groups is 1. The molecule has 7 aliphatic rings. The van der Waals surface area contributed by atoms with Crippen molar-refractivity contribution < 1.29 is 33.5 Å². The quantitative estimate of drug-likeness (QED) is 0.114. The number of aromatic nitrogens is 2. The molecule has 2 N–H and O–H groups in total. The lowest BCUT2D eigenvalue weighted by atomic mass is 9.82. The van der Waals surface area contributed by atoms with E-state index in [9.17, 15) is 24.0 Å². The molecule has 6 saturated heterocycles. The zero-order chi connectivity index (χ0) is 54.9. The maximum Gasteiger partial charge on any atom is 0.266 e. The van der Waals surface area contributed by atoms with Crippen molar-refractivity contribution in [2.24, 2.45) is 23.7 Å². The Balaban J connectivity index is 0.615. The van der Waals surface area contributed by atoms with Crippen molar-refractivity contribution in [2.75, 3.05) is 82.2 Å². The molecule has 0 aliphatic carbocycles. The van der Waals surface area contributed by atoms with Crippen LogP contribution in [0, 0.1) is 23.7 Å². The van der Waals surface area contributed by atoms with Crippen LogP contribution in [0.25, 0.3) is 20.8 Å². The fourth-order valence-electron chi connectivity index (χ4n) is 13.9. The average molecular weight is 1120 g/mol. The highest BCUT2D eigenvalue weighted by Crippen LogP contribution is 2.43. The van der Waals surface area contributed by atoms with Crippen LogP contribution in [-0.2, 0) is 28.8 Å². The van der Waals surface area contributed by atoms with Crippen LogP contribution in [0.2, 0.25) is 5.02 Å². The number of benzene rings is 3. The molecule has 0 bridgehead atoms. The summed E-state index contributed by atoms with van der Waals surface area (Å²) in [5.74, 6) is 1.83. The van der Waals surface area contributed by atoms with E-state index in [1.54, 1.807) is 4.90 Å². The fourth-order valence-corrected chi connectivity index (χ4v) is 15.2. The maximum absolute atomic E-state index is 15.2. The van der Waals surface area contributed by atoms with E-state index in [-0.39, 0.29) is 79.6 Å². The van der Waals surface area contributed by atoms with Crippen molar-refractivity contribution in [3.63, 3.8) is 0 Å². The summed E-state index contributed by atoms with van der Waals surface area (Å²) in [6, 6.07) is 24.8. The minimum absolute atomic E-state index is 0.0667. The molecule has 7 aliphatic heterocycles. The second-order valence-electron chi connectivity index (χ2n) is 23.6. The lowest BCUT2D eigenvalue weighted by molar-refractivity contribution is -0.158. The van der Waals surface area contributed by atoms with Crippen molar-refractivity contribution >= 4 is 80.1 Å². The van der Waals surface area contributed by atoms with Gasteiger partial charge in [-0.1, -0.05) is 54.1 Å². The molecule has 2 aromatic heterocycles. The molecule has 16 nitrogen and oxygen atoms in total. The zero-order valence-electron chi connectivity index (χ0n) is 45.5. The zero-order valence-corrected chi connectivity index (χ0v) is 47.1. The molecule has 5 aromatic rings. The van der Waals surface area contributed by atoms with E-state index >= 15 is 4.79 Å². The molecule has 1 unspecified atom stereocenters. The smallest absolute Gasteiger partial charge is 0.266 e. The SMILES string of the molecule is O=C1CCC(c2ccc(N3CCC(CN4CCC(CC5CCN(C(=O)C6CCN(C(=O)C7(Oc8ccccc8-c8nc9cccc(Cl)c9s8)CCN(C(=O)[C@H]8CC(=O)Nc9ccccc98)CC7)CC6)CC5)CC4)CC3)nc2)C(=O)N1. The van der Waals surface area contributed by atoms with Gasteiger partial charge in [0.15, 0.2) is 5.60 Å². The number of hydrogen-bond donors (Lipinski definition) is 2. The maximum atomic E-state index is 15.2. The van der Waals surface area contributed by atoms with Crippen molar-refractivity contribution in [1.29, 1.82) is 0 Å². The standard InChI is InChI=1S/C62H72ClN9O7S/c63-49-8-5-10-51-56(49)80-58(66-51)47-7-2-4-11-52(47)79-62(24-34-71(35-25-62)60(77)48-37-55(74)65-50-9-3-1-6-46(48)50)61(78)72-32-22-43(23-33-72)59(76)70-30-18-41(19-31-70)36-40-16-26-68(27-17-40)39-42-20-28-69(29-21-42)53-14-12-44(38-64-53)45-13-15-54(73)67-57(45)75/h1-12,14,38,40-43,45,48H,13,15-37,39H2,(H,65,74)(H,67,73,75)/t45?,48-/m0/s1. The molecule has 2 atom stereocenters. The Hall–Kier alpha value is -6.43. The van der Waals surface area contributed by atoms with Crippen LogP contribution in [0.15, 0.2) is 85.1 Å². The second-order valence-corrected chi connectivity index (χ2v) is 25.0. The van der Waals surface area contributed by atoms with Gasteiger partial charge in [-0.15, -0.1) is 11.3 Å². The third-order valence-electron chi connectivity index (χ3n) is 18.7. The minimum atomic E-state index is -1.28. The number of rotatable bonds is 12. The van der Waals surface area contributed by atoms with Crippen molar-refractivity contribution in [2.45, 2.75) is 107 Å². The second kappa shape index (κ2) is 23.6. The van der Waals surface area contributed by atoms with Crippen molar-refractivity contribution in [3.8, 4) is 16.3 Å². The Morgan fingerprint density at radius 3 is 2.09 bits per heavy atom. The minimum Gasteiger partial charge on any atom is -0.477 e. The molecule has 0 saturated carbocycles. The molecule has 0 radical (unpaired) electrons. The number of fused-ring (bicyclic) bond motifs is 2. The molecule has 9 heterocycles. The third kappa shape index (κ3) is 11.6. The lowest BCUT2D eigenvalue weighted by Gasteiger charge is -2.45. The first kappa shape index (κ1) is 54.2. The van der Waals surface area contributed by atoms with Gasteiger partial charge in [0.1, 0.15) is 16.6 Å². The van der Waals surface area contributed by atoms with Gasteiger partial charge >= 0.3 is 0 Å².